The van der Waals surface area contributed by atoms with Crippen LogP contribution >= 0.6 is 0 Å². The third-order valence-corrected chi connectivity index (χ3v) is 5.50. The highest BCUT2D eigenvalue weighted by Gasteiger charge is 2.14. The van der Waals surface area contributed by atoms with Crippen LogP contribution < -0.4 is 5.32 Å². The van der Waals surface area contributed by atoms with E-state index in [1.165, 1.54) is 0 Å². The van der Waals surface area contributed by atoms with E-state index >= 15 is 0 Å². The van der Waals surface area contributed by atoms with Crippen LogP contribution in [0.4, 0.5) is 0 Å². The Kier molecular flexibility index (Phi) is 20.6. The molecule has 5 atom stereocenters. The lowest BCUT2D eigenvalue weighted by Crippen LogP contribution is -2.39. The van der Waals surface area contributed by atoms with Crippen LogP contribution in [0.1, 0.15) is 60.3 Å². The molecule has 0 heterocycles. The monoisotopic (exact) mass is 492 g/mol. The molecule has 0 aromatic rings. The lowest BCUT2D eigenvalue weighted by atomic mass is 10.2. The summed E-state index contributed by atoms with van der Waals surface area (Å²) in [6.45, 7) is 17.2. The molecule has 0 aliphatic rings. The minimum Gasteiger partial charge on any atom is -0.392 e. The van der Waals surface area contributed by atoms with Crippen molar-refractivity contribution >= 4 is 0 Å². The van der Waals surface area contributed by atoms with E-state index in [1.54, 1.807) is 20.8 Å². The van der Waals surface area contributed by atoms with Gasteiger partial charge in [0.05, 0.1) is 30.5 Å². The SMILES string of the molecule is CC(O)CNCCCN(CCCCN(CCCN(CC(C)O)CC(C)O)CC(C)O)CC(C)O. The van der Waals surface area contributed by atoms with E-state index in [0.29, 0.717) is 32.7 Å². The summed E-state index contributed by atoms with van der Waals surface area (Å²) in [7, 11) is 0. The van der Waals surface area contributed by atoms with Gasteiger partial charge in [-0.15, -0.1) is 0 Å². The molecule has 34 heavy (non-hydrogen) atoms. The zero-order valence-corrected chi connectivity index (χ0v) is 22.6. The van der Waals surface area contributed by atoms with Crippen molar-refractivity contribution < 1.29 is 25.5 Å². The molecule has 0 aliphatic carbocycles. The molecule has 206 valence electrons. The van der Waals surface area contributed by atoms with Crippen LogP contribution in [0.3, 0.4) is 0 Å². The summed E-state index contributed by atoms with van der Waals surface area (Å²) < 4.78 is 0. The molecule has 0 amide bonds. The van der Waals surface area contributed by atoms with E-state index in [-0.39, 0.29) is 18.3 Å². The van der Waals surface area contributed by atoms with Crippen LogP contribution in [0.15, 0.2) is 0 Å². The number of aliphatic hydroxyl groups excluding tert-OH is 5. The number of hydrogen-bond acceptors (Lipinski definition) is 9. The van der Waals surface area contributed by atoms with Crippen LogP contribution in [0.5, 0.6) is 0 Å². The minimum absolute atomic E-state index is 0.335. The van der Waals surface area contributed by atoms with Gasteiger partial charge in [-0.2, -0.15) is 0 Å². The second kappa shape index (κ2) is 20.8. The zero-order valence-electron chi connectivity index (χ0n) is 22.6. The average molecular weight is 493 g/mol. The van der Waals surface area contributed by atoms with Crippen LogP contribution in [0, 0.1) is 0 Å². The number of unbranched alkanes of at least 4 members (excludes halogenated alkanes) is 1. The summed E-state index contributed by atoms with van der Waals surface area (Å²) in [5.41, 5.74) is 0. The first kappa shape index (κ1) is 33.6. The Morgan fingerprint density at radius 2 is 0.824 bits per heavy atom. The summed E-state index contributed by atoms with van der Waals surface area (Å²) in [4.78, 5) is 6.70. The molecule has 0 radical (unpaired) electrons. The fraction of sp³-hybridized carbons (Fsp3) is 1.00. The smallest absolute Gasteiger partial charge is 0.0639 e. The van der Waals surface area contributed by atoms with E-state index in [0.717, 1.165) is 65.0 Å². The molecule has 9 heteroatoms. The quantitative estimate of drug-likeness (QED) is 0.109. The summed E-state index contributed by atoms with van der Waals surface area (Å²) in [5, 5.41) is 51.7. The molecule has 0 bridgehead atoms. The van der Waals surface area contributed by atoms with Crippen molar-refractivity contribution in [2.24, 2.45) is 0 Å². The Morgan fingerprint density at radius 1 is 0.471 bits per heavy atom. The van der Waals surface area contributed by atoms with Crippen molar-refractivity contribution in [1.82, 2.24) is 20.0 Å². The van der Waals surface area contributed by atoms with Gasteiger partial charge >= 0.3 is 0 Å². The largest absolute Gasteiger partial charge is 0.392 e. The van der Waals surface area contributed by atoms with Crippen molar-refractivity contribution in [2.45, 2.75) is 90.8 Å². The Labute approximate surface area is 208 Å². The van der Waals surface area contributed by atoms with Gasteiger partial charge in [-0.25, -0.2) is 0 Å². The molecule has 0 rings (SSSR count). The molecule has 0 aromatic heterocycles. The highest BCUT2D eigenvalue weighted by Crippen LogP contribution is 2.05. The van der Waals surface area contributed by atoms with Crippen LogP contribution in [0.25, 0.3) is 0 Å². The lowest BCUT2D eigenvalue weighted by Gasteiger charge is -2.28. The Balaban J connectivity index is 4.42. The fourth-order valence-electron chi connectivity index (χ4n) is 4.27. The molecule has 6 N–H and O–H groups in total. The van der Waals surface area contributed by atoms with Crippen LogP contribution in [-0.2, 0) is 0 Å². The standard InChI is InChI=1S/C25H56N4O5/c1-21(30)16-26-10-8-13-27(17-22(2)31)11-6-7-12-28(18-23(3)32)14-9-15-29(19-24(4)33)20-25(5)34/h21-26,30-34H,6-20H2,1-5H3. The fourth-order valence-corrected chi connectivity index (χ4v) is 4.27. The first-order valence-electron chi connectivity index (χ1n) is 13.3. The highest BCUT2D eigenvalue weighted by atomic mass is 16.3. The van der Waals surface area contributed by atoms with E-state index < -0.39 is 12.2 Å². The molecular weight excluding hydrogens is 436 g/mol. The van der Waals surface area contributed by atoms with Gasteiger partial charge in [0.2, 0.25) is 0 Å². The Hall–Kier alpha value is -0.360. The van der Waals surface area contributed by atoms with Gasteiger partial charge in [0, 0.05) is 32.7 Å². The average Bonchev–Trinajstić information content (AvgIpc) is 2.68. The van der Waals surface area contributed by atoms with Crippen LogP contribution in [0.2, 0.25) is 0 Å². The molecule has 0 spiro atoms. The van der Waals surface area contributed by atoms with Crippen molar-refractivity contribution in [1.29, 1.82) is 0 Å². The van der Waals surface area contributed by atoms with Gasteiger partial charge in [-0.05, 0) is 99.6 Å². The van der Waals surface area contributed by atoms with Crippen molar-refractivity contribution in [3.05, 3.63) is 0 Å². The maximum absolute atomic E-state index is 9.91. The van der Waals surface area contributed by atoms with E-state index in [4.69, 9.17) is 0 Å². The van der Waals surface area contributed by atoms with Gasteiger partial charge in [-0.3, -0.25) is 4.90 Å². The number of nitrogens with one attached hydrogen (secondary N) is 1. The summed E-state index contributed by atoms with van der Waals surface area (Å²) in [5.74, 6) is 0. The third kappa shape index (κ3) is 22.1. The topological polar surface area (TPSA) is 123 Å². The van der Waals surface area contributed by atoms with Gasteiger partial charge < -0.3 is 40.6 Å². The van der Waals surface area contributed by atoms with Gasteiger partial charge in [0.25, 0.3) is 0 Å². The predicted molar refractivity (Wildman–Crippen MR) is 139 cm³/mol. The summed E-state index contributed by atoms with van der Waals surface area (Å²) in [6.07, 6.45) is 2.02. The third-order valence-electron chi connectivity index (χ3n) is 5.50. The molecule has 0 fully saturated rings. The molecule has 0 saturated heterocycles. The number of nitrogens with zero attached hydrogens (tertiary/aromatic N) is 3. The van der Waals surface area contributed by atoms with Crippen molar-refractivity contribution in [2.75, 3.05) is 72.0 Å². The predicted octanol–water partition coefficient (Wildman–Crippen LogP) is -0.0536. The van der Waals surface area contributed by atoms with Gasteiger partial charge in [0.15, 0.2) is 0 Å². The Morgan fingerprint density at radius 3 is 1.24 bits per heavy atom. The minimum atomic E-state index is -0.425. The van der Waals surface area contributed by atoms with Crippen LogP contribution in [-0.4, -0.2) is 143 Å². The lowest BCUT2D eigenvalue weighted by molar-refractivity contribution is 0.0775. The summed E-state index contributed by atoms with van der Waals surface area (Å²) >= 11 is 0. The highest BCUT2D eigenvalue weighted by molar-refractivity contribution is 4.69. The van der Waals surface area contributed by atoms with Gasteiger partial charge in [-0.1, -0.05) is 0 Å². The number of hydrogen-bond donors (Lipinski definition) is 6. The molecule has 0 saturated carbocycles. The normalized spacial score (nSPS) is 16.9. The first-order chi connectivity index (χ1) is 16.0. The number of aliphatic hydroxyl groups is 5. The molecular formula is C25H56N4O5. The van der Waals surface area contributed by atoms with E-state index in [9.17, 15) is 25.5 Å². The second-order valence-corrected chi connectivity index (χ2v) is 10.2. The molecule has 5 unspecified atom stereocenters. The molecule has 0 aliphatic heterocycles. The Bertz CT molecular complexity index is 443. The van der Waals surface area contributed by atoms with E-state index in [1.807, 2.05) is 13.8 Å². The molecule has 9 nitrogen and oxygen atoms in total. The number of rotatable bonds is 23. The maximum Gasteiger partial charge on any atom is 0.0639 e. The van der Waals surface area contributed by atoms with Crippen molar-refractivity contribution in [3.63, 3.8) is 0 Å². The molecule has 0 aromatic carbocycles. The zero-order chi connectivity index (χ0) is 25.9. The maximum atomic E-state index is 9.91. The van der Waals surface area contributed by atoms with Gasteiger partial charge in [0.1, 0.15) is 0 Å². The van der Waals surface area contributed by atoms with Crippen molar-refractivity contribution in [3.8, 4) is 0 Å². The second-order valence-electron chi connectivity index (χ2n) is 10.2. The van der Waals surface area contributed by atoms with E-state index in [2.05, 4.69) is 20.0 Å². The first-order valence-corrected chi connectivity index (χ1v) is 13.3. The summed E-state index contributed by atoms with van der Waals surface area (Å²) in [6, 6.07) is 0.